The number of hydrogen-bond donors (Lipinski definition) is 2. The molecule has 1 aliphatic heterocycles. The largest absolute Gasteiger partial charge is 0.481 e. The Bertz CT molecular complexity index is 544. The number of carbonyl (C=O) groups excluding carboxylic acids is 1. The number of amides is 1. The van der Waals surface area contributed by atoms with E-state index in [0.717, 1.165) is 16.9 Å². The third-order valence-corrected chi connectivity index (χ3v) is 3.69. The van der Waals surface area contributed by atoms with Crippen molar-refractivity contribution < 1.29 is 19.8 Å². The van der Waals surface area contributed by atoms with Gasteiger partial charge in [0.25, 0.3) is 0 Å². The maximum atomic E-state index is 11.9. The second-order valence-electron chi connectivity index (χ2n) is 5.15. The van der Waals surface area contributed by atoms with Crippen LogP contribution in [-0.2, 0) is 16.0 Å². The molecule has 6 nitrogen and oxygen atoms in total. The lowest BCUT2D eigenvalue weighted by Crippen LogP contribution is -2.37. The van der Waals surface area contributed by atoms with E-state index in [4.69, 9.17) is 10.2 Å². The molecule has 0 radical (unpaired) electrons. The number of nitrogens with zero attached hydrogens (tertiary/aromatic N) is 2. The number of aliphatic carboxylic acids is 1. The molecule has 1 aromatic carbocycles. The second kappa shape index (κ2) is 6.58. The number of benzene rings is 1. The fourth-order valence-electron chi connectivity index (χ4n) is 2.52. The quantitative estimate of drug-likeness (QED) is 0.813. The number of aryl methyl sites for hydroxylation is 1. The van der Waals surface area contributed by atoms with Crippen molar-refractivity contribution in [1.29, 1.82) is 0 Å². The third-order valence-electron chi connectivity index (χ3n) is 3.69. The van der Waals surface area contributed by atoms with Gasteiger partial charge in [-0.25, -0.2) is 0 Å². The average molecular weight is 292 g/mol. The summed E-state index contributed by atoms with van der Waals surface area (Å²) in [5, 5.41) is 17.8. The number of fused-ring (bicyclic) bond motifs is 1. The van der Waals surface area contributed by atoms with Crippen molar-refractivity contribution in [3.8, 4) is 0 Å². The molecule has 0 saturated carbocycles. The summed E-state index contributed by atoms with van der Waals surface area (Å²) in [6.07, 6.45) is 1.20. The number of carboxylic acid groups (broad SMARTS) is 1. The summed E-state index contributed by atoms with van der Waals surface area (Å²) >= 11 is 0. The maximum Gasteiger partial charge on any atom is 0.305 e. The summed E-state index contributed by atoms with van der Waals surface area (Å²) in [5.74, 6) is -0.789. The van der Waals surface area contributed by atoms with Crippen molar-refractivity contribution in [2.75, 3.05) is 36.5 Å². The van der Waals surface area contributed by atoms with Crippen LogP contribution in [0.3, 0.4) is 0 Å². The first kappa shape index (κ1) is 15.3. The van der Waals surface area contributed by atoms with Gasteiger partial charge in [-0.15, -0.1) is 0 Å². The van der Waals surface area contributed by atoms with Crippen LogP contribution in [0.25, 0.3) is 0 Å². The standard InChI is InChI=1S/C15H20N2O4/c1-16(7-6-15(20)21)12-3-4-13-11(10-12)2-5-14(19)17(13)8-9-18/h3-4,10,18H,2,5-9H2,1H3,(H,20,21). The Kier molecular flexibility index (Phi) is 4.80. The van der Waals surface area contributed by atoms with E-state index in [1.165, 1.54) is 0 Å². The predicted molar refractivity (Wildman–Crippen MR) is 79.7 cm³/mol. The number of carboxylic acids is 1. The first-order valence-electron chi connectivity index (χ1n) is 7.00. The van der Waals surface area contributed by atoms with E-state index in [2.05, 4.69) is 0 Å². The molecule has 0 unspecified atom stereocenters. The lowest BCUT2D eigenvalue weighted by atomic mass is 10.00. The molecule has 114 valence electrons. The van der Waals surface area contributed by atoms with Crippen molar-refractivity contribution in [3.63, 3.8) is 0 Å². The van der Waals surface area contributed by atoms with Crippen LogP contribution < -0.4 is 9.80 Å². The topological polar surface area (TPSA) is 81.1 Å². The van der Waals surface area contributed by atoms with Crippen LogP contribution in [0.15, 0.2) is 18.2 Å². The molecule has 0 bridgehead atoms. The molecular weight excluding hydrogens is 272 g/mol. The van der Waals surface area contributed by atoms with Gasteiger partial charge in [-0.2, -0.15) is 0 Å². The van der Waals surface area contributed by atoms with Gasteiger partial charge < -0.3 is 20.0 Å². The minimum Gasteiger partial charge on any atom is -0.481 e. The molecule has 0 fully saturated rings. The Morgan fingerprint density at radius 1 is 1.38 bits per heavy atom. The molecule has 0 aliphatic carbocycles. The highest BCUT2D eigenvalue weighted by Crippen LogP contribution is 2.31. The molecule has 1 amide bonds. The van der Waals surface area contributed by atoms with Gasteiger partial charge in [0, 0.05) is 37.9 Å². The Labute approximate surface area is 123 Å². The molecule has 2 N–H and O–H groups in total. The molecule has 0 saturated heterocycles. The Hall–Kier alpha value is -2.08. The minimum absolute atomic E-state index is 0.0310. The van der Waals surface area contributed by atoms with Gasteiger partial charge in [0.15, 0.2) is 0 Å². The first-order chi connectivity index (χ1) is 10.0. The number of β-amino-alcohol motifs (C(OH)–C–C–N with tert-alkyl or cyclic N) is 1. The van der Waals surface area contributed by atoms with Crippen LogP contribution in [0.4, 0.5) is 11.4 Å². The average Bonchev–Trinajstić information content (AvgIpc) is 2.47. The van der Waals surface area contributed by atoms with Gasteiger partial charge in [0.1, 0.15) is 0 Å². The summed E-state index contributed by atoms with van der Waals surface area (Å²) in [4.78, 5) is 26.0. The Morgan fingerprint density at radius 3 is 2.81 bits per heavy atom. The number of aliphatic hydroxyl groups is 1. The summed E-state index contributed by atoms with van der Waals surface area (Å²) in [7, 11) is 1.85. The predicted octanol–water partition coefficient (Wildman–Crippen LogP) is 0.869. The van der Waals surface area contributed by atoms with E-state index in [0.29, 0.717) is 25.9 Å². The van der Waals surface area contributed by atoms with E-state index in [9.17, 15) is 9.59 Å². The molecule has 2 rings (SSSR count). The molecule has 0 aromatic heterocycles. The smallest absolute Gasteiger partial charge is 0.305 e. The maximum absolute atomic E-state index is 11.9. The van der Waals surface area contributed by atoms with Crippen molar-refractivity contribution in [2.24, 2.45) is 0 Å². The van der Waals surface area contributed by atoms with Gasteiger partial charge in [-0.1, -0.05) is 0 Å². The zero-order valence-corrected chi connectivity index (χ0v) is 12.1. The zero-order chi connectivity index (χ0) is 15.4. The SMILES string of the molecule is CN(CCC(=O)O)c1ccc2c(c1)CCC(=O)N2CCO. The number of rotatable bonds is 6. The van der Waals surface area contributed by atoms with Gasteiger partial charge >= 0.3 is 5.97 Å². The number of hydrogen-bond acceptors (Lipinski definition) is 4. The molecule has 0 spiro atoms. The van der Waals surface area contributed by atoms with Crippen molar-refractivity contribution >= 4 is 23.3 Å². The van der Waals surface area contributed by atoms with Gasteiger partial charge in [-0.3, -0.25) is 9.59 Å². The number of aliphatic hydroxyl groups excluding tert-OH is 1. The lowest BCUT2D eigenvalue weighted by molar-refractivity contribution is -0.136. The third kappa shape index (κ3) is 3.52. The monoisotopic (exact) mass is 292 g/mol. The number of anilines is 2. The lowest BCUT2D eigenvalue weighted by Gasteiger charge is -2.30. The summed E-state index contributed by atoms with van der Waals surface area (Å²) < 4.78 is 0. The minimum atomic E-state index is -0.820. The van der Waals surface area contributed by atoms with E-state index < -0.39 is 5.97 Å². The van der Waals surface area contributed by atoms with Crippen molar-refractivity contribution in [1.82, 2.24) is 0 Å². The van der Waals surface area contributed by atoms with Crippen molar-refractivity contribution in [3.05, 3.63) is 23.8 Å². The van der Waals surface area contributed by atoms with Crippen LogP contribution in [0.2, 0.25) is 0 Å². The zero-order valence-electron chi connectivity index (χ0n) is 12.1. The van der Waals surface area contributed by atoms with Crippen LogP contribution in [0.5, 0.6) is 0 Å². The van der Waals surface area contributed by atoms with Crippen LogP contribution in [0, 0.1) is 0 Å². The van der Waals surface area contributed by atoms with E-state index in [1.54, 1.807) is 4.90 Å². The van der Waals surface area contributed by atoms with Gasteiger partial charge in [-0.05, 0) is 30.2 Å². The summed E-state index contributed by atoms with van der Waals surface area (Å²) in [5.41, 5.74) is 2.84. The van der Waals surface area contributed by atoms with E-state index in [1.807, 2.05) is 30.1 Å². The molecule has 6 heteroatoms. The first-order valence-corrected chi connectivity index (χ1v) is 7.00. The fraction of sp³-hybridized carbons (Fsp3) is 0.467. The molecular formula is C15H20N2O4. The highest BCUT2D eigenvalue weighted by atomic mass is 16.4. The fourth-order valence-corrected chi connectivity index (χ4v) is 2.52. The molecule has 1 aromatic rings. The van der Waals surface area contributed by atoms with Gasteiger partial charge in [0.2, 0.25) is 5.91 Å². The molecule has 1 aliphatic rings. The highest BCUT2D eigenvalue weighted by molar-refractivity contribution is 5.96. The Morgan fingerprint density at radius 2 is 2.14 bits per heavy atom. The molecule has 0 atom stereocenters. The van der Waals surface area contributed by atoms with Crippen molar-refractivity contribution in [2.45, 2.75) is 19.3 Å². The van der Waals surface area contributed by atoms with Crippen LogP contribution in [-0.4, -0.2) is 48.8 Å². The Balaban J connectivity index is 2.19. The van der Waals surface area contributed by atoms with Crippen LogP contribution in [0.1, 0.15) is 18.4 Å². The van der Waals surface area contributed by atoms with Crippen LogP contribution >= 0.6 is 0 Å². The van der Waals surface area contributed by atoms with E-state index in [-0.39, 0.29) is 18.9 Å². The number of carbonyl (C=O) groups is 2. The molecule has 21 heavy (non-hydrogen) atoms. The summed E-state index contributed by atoms with van der Waals surface area (Å²) in [6, 6.07) is 5.74. The van der Waals surface area contributed by atoms with E-state index >= 15 is 0 Å². The highest BCUT2D eigenvalue weighted by Gasteiger charge is 2.24. The molecule has 1 heterocycles. The normalized spacial score (nSPS) is 14.0. The second-order valence-corrected chi connectivity index (χ2v) is 5.15. The summed E-state index contributed by atoms with van der Waals surface area (Å²) in [6.45, 7) is 0.679. The van der Waals surface area contributed by atoms with Gasteiger partial charge in [0.05, 0.1) is 13.0 Å².